The summed E-state index contributed by atoms with van der Waals surface area (Å²) >= 11 is 0. The smallest absolute Gasteiger partial charge is 0.494 e. The van der Waals surface area contributed by atoms with Crippen LogP contribution in [0.25, 0.3) is 22.0 Å². The van der Waals surface area contributed by atoms with Gasteiger partial charge in [-0.3, -0.25) is 0 Å². The average molecular weight is 429 g/mol. The van der Waals surface area contributed by atoms with E-state index in [1.807, 2.05) is 52.0 Å². The third kappa shape index (κ3) is 3.57. The van der Waals surface area contributed by atoms with Gasteiger partial charge in [0, 0.05) is 11.1 Å². The second-order valence-corrected chi connectivity index (χ2v) is 8.93. The van der Waals surface area contributed by atoms with Crippen LogP contribution in [0.15, 0.2) is 48.7 Å². The van der Waals surface area contributed by atoms with Crippen molar-refractivity contribution < 1.29 is 27.2 Å². The van der Waals surface area contributed by atoms with Crippen molar-refractivity contribution in [1.82, 2.24) is 0 Å². The minimum absolute atomic E-state index is 0.246. The average Bonchev–Trinajstić information content (AvgIpc) is 2.88. The predicted molar refractivity (Wildman–Crippen MR) is 114 cm³/mol. The Labute approximate surface area is 179 Å². The summed E-state index contributed by atoms with van der Waals surface area (Å²) in [5.41, 5.74) is 0.223. The molecule has 1 aliphatic rings. The number of halogens is 3. The van der Waals surface area contributed by atoms with Gasteiger partial charge in [-0.1, -0.05) is 30.3 Å². The van der Waals surface area contributed by atoms with Gasteiger partial charge in [-0.2, -0.15) is 17.9 Å². The van der Waals surface area contributed by atoms with E-state index >= 15 is 0 Å². The lowest BCUT2D eigenvalue weighted by Crippen LogP contribution is -2.41. The van der Waals surface area contributed by atoms with Gasteiger partial charge in [0.05, 0.1) is 16.6 Å². The number of para-hydroxylation sites is 1. The van der Waals surface area contributed by atoms with Crippen molar-refractivity contribution in [2.75, 3.05) is 0 Å². The molecule has 2 heterocycles. The van der Waals surface area contributed by atoms with Gasteiger partial charge in [0.1, 0.15) is 5.56 Å². The predicted octanol–water partition coefficient (Wildman–Crippen LogP) is 4.77. The molecule has 0 aliphatic carbocycles. The first-order valence-corrected chi connectivity index (χ1v) is 10.0. The Bertz CT molecular complexity index is 1160. The van der Waals surface area contributed by atoms with Crippen molar-refractivity contribution in [2.45, 2.75) is 52.0 Å². The van der Waals surface area contributed by atoms with Crippen LogP contribution in [-0.2, 0) is 15.5 Å². The molecular formula is C23H23BF3NO3. The van der Waals surface area contributed by atoms with Crippen LogP contribution in [0.2, 0.25) is 0 Å². The summed E-state index contributed by atoms with van der Waals surface area (Å²) in [4.78, 5) is 0. The van der Waals surface area contributed by atoms with Gasteiger partial charge in [0.25, 0.3) is 0 Å². The zero-order valence-electron chi connectivity index (χ0n) is 18.0. The molecule has 31 heavy (non-hydrogen) atoms. The highest BCUT2D eigenvalue weighted by atomic mass is 19.4. The summed E-state index contributed by atoms with van der Waals surface area (Å²) < 4.78 is 53.2. The van der Waals surface area contributed by atoms with Crippen LogP contribution in [0.1, 0.15) is 38.8 Å². The van der Waals surface area contributed by atoms with Crippen LogP contribution in [-0.4, -0.2) is 18.3 Å². The Morgan fingerprint density at radius 2 is 1.58 bits per heavy atom. The third-order valence-electron chi connectivity index (χ3n) is 6.24. The van der Waals surface area contributed by atoms with E-state index in [9.17, 15) is 18.4 Å². The summed E-state index contributed by atoms with van der Waals surface area (Å²) in [6, 6.07) is 11.1. The molecule has 0 amide bonds. The van der Waals surface area contributed by atoms with Gasteiger partial charge in [0.15, 0.2) is 6.20 Å². The van der Waals surface area contributed by atoms with Crippen molar-refractivity contribution >= 4 is 23.5 Å². The Kier molecular flexibility index (Phi) is 4.87. The number of hydrogen-bond donors (Lipinski definition) is 0. The SMILES string of the molecule is Cc1c[n+]([O-])c2c(C(F)(F)F)cccc2c1-c1cccc(B2OC(C)(C)C(C)(C)O2)c1. The highest BCUT2D eigenvalue weighted by Gasteiger charge is 2.51. The van der Waals surface area contributed by atoms with Crippen LogP contribution in [0.5, 0.6) is 0 Å². The minimum Gasteiger partial charge on any atom is -0.618 e. The first-order valence-electron chi connectivity index (χ1n) is 10.0. The summed E-state index contributed by atoms with van der Waals surface area (Å²) in [5, 5.41) is 12.7. The number of alkyl halides is 3. The fourth-order valence-corrected chi connectivity index (χ4v) is 3.93. The lowest BCUT2D eigenvalue weighted by Gasteiger charge is -2.32. The quantitative estimate of drug-likeness (QED) is 0.335. The molecule has 1 saturated heterocycles. The van der Waals surface area contributed by atoms with Gasteiger partial charge in [0.2, 0.25) is 5.52 Å². The Hall–Kier alpha value is -2.58. The van der Waals surface area contributed by atoms with Gasteiger partial charge in [-0.25, -0.2) is 0 Å². The van der Waals surface area contributed by atoms with Crippen molar-refractivity contribution in [3.63, 3.8) is 0 Å². The molecule has 1 fully saturated rings. The van der Waals surface area contributed by atoms with Crippen molar-refractivity contribution in [3.8, 4) is 11.1 Å². The monoisotopic (exact) mass is 429 g/mol. The lowest BCUT2D eigenvalue weighted by molar-refractivity contribution is -0.578. The first kappa shape index (κ1) is 21.6. The standard InChI is InChI=1S/C23H23BF3NO3/c1-14-13-28(29)20-17(10-7-11-18(20)23(25,26)27)19(14)15-8-6-9-16(12-15)24-30-21(2,3)22(4,5)31-24/h6-13H,1-5H3. The van der Waals surface area contributed by atoms with E-state index < -0.39 is 35.6 Å². The van der Waals surface area contributed by atoms with E-state index in [2.05, 4.69) is 0 Å². The molecule has 8 heteroatoms. The maximum atomic E-state index is 13.6. The van der Waals surface area contributed by atoms with E-state index in [0.29, 0.717) is 21.4 Å². The van der Waals surface area contributed by atoms with E-state index in [4.69, 9.17) is 9.31 Å². The van der Waals surface area contributed by atoms with Gasteiger partial charge in [-0.15, -0.1) is 0 Å². The van der Waals surface area contributed by atoms with Crippen LogP contribution in [0.3, 0.4) is 0 Å². The van der Waals surface area contributed by atoms with Crippen molar-refractivity contribution in [3.05, 3.63) is 65.0 Å². The van der Waals surface area contributed by atoms with E-state index in [1.165, 1.54) is 12.3 Å². The fraction of sp³-hybridized carbons (Fsp3) is 0.348. The molecule has 4 rings (SSSR count). The first-order chi connectivity index (χ1) is 14.3. The molecule has 4 nitrogen and oxygen atoms in total. The molecule has 1 aromatic heterocycles. The zero-order valence-corrected chi connectivity index (χ0v) is 18.0. The van der Waals surface area contributed by atoms with Crippen molar-refractivity contribution in [1.29, 1.82) is 0 Å². The molecule has 1 aliphatic heterocycles. The summed E-state index contributed by atoms with van der Waals surface area (Å²) in [6.45, 7) is 9.54. The zero-order chi connectivity index (χ0) is 22.8. The summed E-state index contributed by atoms with van der Waals surface area (Å²) in [7, 11) is -0.601. The molecule has 0 N–H and O–H groups in total. The minimum atomic E-state index is -4.64. The normalized spacial score (nSPS) is 18.0. The van der Waals surface area contributed by atoms with E-state index in [-0.39, 0.29) is 5.39 Å². The molecule has 0 spiro atoms. The molecule has 0 unspecified atom stereocenters. The molecule has 0 radical (unpaired) electrons. The number of aryl methyl sites for hydroxylation is 1. The number of fused-ring (bicyclic) bond motifs is 1. The molecule has 0 bridgehead atoms. The topological polar surface area (TPSA) is 45.4 Å². The number of nitrogens with zero attached hydrogens (tertiary/aromatic N) is 1. The summed E-state index contributed by atoms with van der Waals surface area (Å²) in [5.74, 6) is 0. The number of hydrogen-bond acceptors (Lipinski definition) is 3. The Balaban J connectivity index is 1.89. The molecule has 162 valence electrons. The molecule has 0 saturated carbocycles. The van der Waals surface area contributed by atoms with Gasteiger partial charge in [-0.05, 0) is 57.8 Å². The number of benzene rings is 2. The molecule has 0 atom stereocenters. The third-order valence-corrected chi connectivity index (χ3v) is 6.24. The fourth-order valence-electron chi connectivity index (χ4n) is 3.93. The second kappa shape index (κ2) is 6.97. The van der Waals surface area contributed by atoms with Gasteiger partial charge < -0.3 is 14.5 Å². The van der Waals surface area contributed by atoms with E-state index in [1.54, 1.807) is 13.0 Å². The number of pyridine rings is 1. The van der Waals surface area contributed by atoms with Crippen molar-refractivity contribution in [2.24, 2.45) is 0 Å². The molecular weight excluding hydrogens is 406 g/mol. The highest BCUT2D eigenvalue weighted by Crippen LogP contribution is 2.39. The number of aromatic nitrogens is 1. The molecule has 3 aromatic rings. The summed E-state index contributed by atoms with van der Waals surface area (Å²) in [6.07, 6.45) is -3.45. The second-order valence-electron chi connectivity index (χ2n) is 8.93. The Morgan fingerprint density at radius 3 is 2.19 bits per heavy atom. The largest absolute Gasteiger partial charge is 0.618 e. The van der Waals surface area contributed by atoms with Gasteiger partial charge >= 0.3 is 13.3 Å². The highest BCUT2D eigenvalue weighted by molar-refractivity contribution is 6.62. The van der Waals surface area contributed by atoms with Crippen LogP contribution < -0.4 is 10.2 Å². The number of rotatable bonds is 2. The van der Waals surface area contributed by atoms with Crippen LogP contribution >= 0.6 is 0 Å². The lowest BCUT2D eigenvalue weighted by atomic mass is 9.77. The Morgan fingerprint density at radius 1 is 0.968 bits per heavy atom. The maximum absolute atomic E-state index is 13.6. The van der Waals surface area contributed by atoms with Crippen LogP contribution in [0.4, 0.5) is 13.2 Å². The maximum Gasteiger partial charge on any atom is 0.494 e. The molecule has 2 aromatic carbocycles. The van der Waals surface area contributed by atoms with E-state index in [0.717, 1.165) is 11.5 Å². The van der Waals surface area contributed by atoms with Crippen LogP contribution in [0, 0.1) is 12.1 Å².